The van der Waals surface area contributed by atoms with E-state index in [1.807, 2.05) is 25.1 Å². The monoisotopic (exact) mass is 254 g/mol. The van der Waals surface area contributed by atoms with Gasteiger partial charge in [-0.1, -0.05) is 30.3 Å². The van der Waals surface area contributed by atoms with Crippen LogP contribution in [0.1, 0.15) is 5.56 Å². The normalized spacial score (nSPS) is 9.74. The highest BCUT2D eigenvalue weighted by atomic mass is 16.2. The zero-order chi connectivity index (χ0) is 13.7. The predicted octanol–water partition coefficient (Wildman–Crippen LogP) is 2.57. The third-order valence-electron chi connectivity index (χ3n) is 2.51. The minimum Gasteiger partial charge on any atom is -0.318 e. The number of hydrogen-bond acceptors (Lipinski definition) is 2. The molecule has 96 valence electrons. The first-order chi connectivity index (χ1) is 9.15. The van der Waals surface area contributed by atoms with Crippen molar-refractivity contribution in [2.45, 2.75) is 6.92 Å². The Hall–Kier alpha value is -2.62. The first-order valence-electron chi connectivity index (χ1n) is 5.89. The third kappa shape index (κ3) is 3.67. The van der Waals surface area contributed by atoms with Gasteiger partial charge in [0.25, 0.3) is 0 Å². The molecule has 2 aromatic rings. The zero-order valence-corrected chi connectivity index (χ0v) is 10.5. The van der Waals surface area contributed by atoms with Crippen LogP contribution >= 0.6 is 0 Å². The zero-order valence-electron chi connectivity index (χ0n) is 10.5. The maximum Gasteiger partial charge on any atom is 0.314 e. The van der Waals surface area contributed by atoms with E-state index in [-0.39, 0.29) is 0 Å². The molecule has 0 saturated heterocycles. The van der Waals surface area contributed by atoms with E-state index < -0.39 is 11.8 Å². The van der Waals surface area contributed by atoms with Crippen LogP contribution in [0.5, 0.6) is 0 Å². The second kappa shape index (κ2) is 5.82. The highest BCUT2D eigenvalue weighted by Crippen LogP contribution is 2.10. The van der Waals surface area contributed by atoms with E-state index in [4.69, 9.17) is 0 Å². The van der Waals surface area contributed by atoms with Crippen molar-refractivity contribution >= 4 is 23.2 Å². The second-order valence-corrected chi connectivity index (χ2v) is 4.14. The summed E-state index contributed by atoms with van der Waals surface area (Å²) in [6.07, 6.45) is 0. The summed E-state index contributed by atoms with van der Waals surface area (Å²) in [5, 5.41) is 5.08. The molecule has 4 nitrogen and oxygen atoms in total. The van der Waals surface area contributed by atoms with Crippen molar-refractivity contribution in [3.63, 3.8) is 0 Å². The van der Waals surface area contributed by atoms with Gasteiger partial charge in [0.05, 0.1) is 0 Å². The molecule has 0 unspecified atom stereocenters. The molecule has 0 aliphatic heterocycles. The predicted molar refractivity (Wildman–Crippen MR) is 74.9 cm³/mol. The smallest absolute Gasteiger partial charge is 0.314 e. The average molecular weight is 254 g/mol. The third-order valence-corrected chi connectivity index (χ3v) is 2.51. The lowest BCUT2D eigenvalue weighted by Gasteiger charge is -2.06. The maximum absolute atomic E-state index is 11.7. The molecule has 2 N–H and O–H groups in total. The van der Waals surface area contributed by atoms with Crippen molar-refractivity contribution in [3.8, 4) is 0 Å². The Morgan fingerprint density at radius 3 is 2.00 bits per heavy atom. The fraction of sp³-hybridized carbons (Fsp3) is 0.0667. The summed E-state index contributed by atoms with van der Waals surface area (Å²) < 4.78 is 0. The van der Waals surface area contributed by atoms with E-state index in [2.05, 4.69) is 10.6 Å². The number of carbonyl (C=O) groups is 2. The van der Waals surface area contributed by atoms with E-state index >= 15 is 0 Å². The van der Waals surface area contributed by atoms with E-state index in [1.165, 1.54) is 0 Å². The lowest BCUT2D eigenvalue weighted by molar-refractivity contribution is -0.132. The summed E-state index contributed by atoms with van der Waals surface area (Å²) in [5.41, 5.74) is 2.21. The molecule has 0 spiro atoms. The first-order valence-corrected chi connectivity index (χ1v) is 5.89. The molecular formula is C15H14N2O2. The molecule has 2 aromatic carbocycles. The molecule has 4 heteroatoms. The van der Waals surface area contributed by atoms with Gasteiger partial charge < -0.3 is 10.6 Å². The summed E-state index contributed by atoms with van der Waals surface area (Å²) in [6.45, 7) is 1.92. The molecule has 19 heavy (non-hydrogen) atoms. The lowest BCUT2D eigenvalue weighted by atomic mass is 10.2. The molecule has 0 fully saturated rings. The Labute approximate surface area is 111 Å². The van der Waals surface area contributed by atoms with E-state index in [9.17, 15) is 9.59 Å². The van der Waals surface area contributed by atoms with Gasteiger partial charge in [-0.25, -0.2) is 0 Å². The molecule has 2 amide bonds. The second-order valence-electron chi connectivity index (χ2n) is 4.14. The largest absolute Gasteiger partial charge is 0.318 e. The lowest BCUT2D eigenvalue weighted by Crippen LogP contribution is -2.29. The van der Waals surface area contributed by atoms with Gasteiger partial charge in [-0.15, -0.1) is 0 Å². The number of carbonyl (C=O) groups excluding carboxylic acids is 2. The minimum absolute atomic E-state index is 0.590. The average Bonchev–Trinajstić information content (AvgIpc) is 2.40. The molecule has 0 bridgehead atoms. The summed E-state index contributed by atoms with van der Waals surface area (Å²) >= 11 is 0. The van der Waals surface area contributed by atoms with Crippen LogP contribution in [0.3, 0.4) is 0 Å². The van der Waals surface area contributed by atoms with Crippen molar-refractivity contribution in [2.24, 2.45) is 0 Å². The fourth-order valence-corrected chi connectivity index (χ4v) is 1.62. The SMILES string of the molecule is Cc1cccc(NC(=O)C(=O)Nc2ccccc2)c1. The first kappa shape index (κ1) is 12.8. The van der Waals surface area contributed by atoms with Crippen molar-refractivity contribution in [1.29, 1.82) is 0 Å². The summed E-state index contributed by atoms with van der Waals surface area (Å²) in [4.78, 5) is 23.4. The van der Waals surface area contributed by atoms with Crippen LogP contribution in [0.25, 0.3) is 0 Å². The molecule has 0 radical (unpaired) electrons. The van der Waals surface area contributed by atoms with E-state index in [0.29, 0.717) is 11.4 Å². The van der Waals surface area contributed by atoms with Gasteiger partial charge in [0.1, 0.15) is 0 Å². The standard InChI is InChI=1S/C15H14N2O2/c1-11-6-5-9-13(10-11)17-15(19)14(18)16-12-7-3-2-4-8-12/h2-10H,1H3,(H,16,18)(H,17,19). The van der Waals surface area contributed by atoms with Gasteiger partial charge in [-0.05, 0) is 36.8 Å². The van der Waals surface area contributed by atoms with Crippen LogP contribution in [-0.4, -0.2) is 11.8 Å². The molecule has 0 aliphatic rings. The maximum atomic E-state index is 11.7. The van der Waals surface area contributed by atoms with Crippen LogP contribution in [0.2, 0.25) is 0 Å². The molecule has 0 aliphatic carbocycles. The van der Waals surface area contributed by atoms with E-state index in [1.54, 1.807) is 36.4 Å². The highest BCUT2D eigenvalue weighted by Gasteiger charge is 2.13. The van der Waals surface area contributed by atoms with Gasteiger partial charge in [-0.2, -0.15) is 0 Å². The fourth-order valence-electron chi connectivity index (χ4n) is 1.62. The van der Waals surface area contributed by atoms with Gasteiger partial charge in [0.2, 0.25) is 0 Å². The summed E-state index contributed by atoms with van der Waals surface area (Å²) in [6, 6.07) is 16.1. The Morgan fingerprint density at radius 2 is 1.37 bits per heavy atom. The number of nitrogens with one attached hydrogen (secondary N) is 2. The number of hydrogen-bond donors (Lipinski definition) is 2. The number of benzene rings is 2. The van der Waals surface area contributed by atoms with Gasteiger partial charge in [0.15, 0.2) is 0 Å². The van der Waals surface area contributed by atoms with Crippen molar-refractivity contribution in [1.82, 2.24) is 0 Å². The number of anilines is 2. The Morgan fingerprint density at radius 1 is 0.789 bits per heavy atom. The molecule has 2 rings (SSSR count). The minimum atomic E-state index is -0.687. The molecule has 0 aromatic heterocycles. The number of amides is 2. The quantitative estimate of drug-likeness (QED) is 0.809. The van der Waals surface area contributed by atoms with Crippen molar-refractivity contribution < 1.29 is 9.59 Å². The number of aryl methyl sites for hydroxylation is 1. The summed E-state index contributed by atoms with van der Waals surface area (Å²) in [5.74, 6) is -1.37. The van der Waals surface area contributed by atoms with Gasteiger partial charge in [0, 0.05) is 11.4 Å². The molecular weight excluding hydrogens is 240 g/mol. The Bertz CT molecular complexity index is 594. The van der Waals surface area contributed by atoms with Gasteiger partial charge >= 0.3 is 11.8 Å². The molecule has 0 atom stereocenters. The Kier molecular flexibility index (Phi) is 3.93. The van der Waals surface area contributed by atoms with Crippen LogP contribution in [0.4, 0.5) is 11.4 Å². The molecule has 0 heterocycles. The topological polar surface area (TPSA) is 58.2 Å². The van der Waals surface area contributed by atoms with Crippen molar-refractivity contribution in [2.75, 3.05) is 10.6 Å². The van der Waals surface area contributed by atoms with Crippen LogP contribution in [0, 0.1) is 6.92 Å². The number of rotatable bonds is 2. The van der Waals surface area contributed by atoms with Crippen LogP contribution in [-0.2, 0) is 9.59 Å². The molecule has 0 saturated carbocycles. The van der Waals surface area contributed by atoms with Crippen LogP contribution < -0.4 is 10.6 Å². The van der Waals surface area contributed by atoms with E-state index in [0.717, 1.165) is 5.56 Å². The van der Waals surface area contributed by atoms with Crippen molar-refractivity contribution in [3.05, 3.63) is 60.2 Å². The Balaban J connectivity index is 1.98. The highest BCUT2D eigenvalue weighted by molar-refractivity contribution is 6.43. The summed E-state index contributed by atoms with van der Waals surface area (Å²) in [7, 11) is 0. The van der Waals surface area contributed by atoms with Gasteiger partial charge in [-0.3, -0.25) is 9.59 Å². The number of para-hydroxylation sites is 1. The van der Waals surface area contributed by atoms with Crippen LogP contribution in [0.15, 0.2) is 54.6 Å².